The molecule has 2 heteroatoms. The van der Waals surface area contributed by atoms with Crippen molar-refractivity contribution >= 4 is 34.1 Å². The van der Waals surface area contributed by atoms with Gasteiger partial charge in [-0.3, -0.25) is 0 Å². The third kappa shape index (κ3) is 8.16. The second kappa shape index (κ2) is 21.2. The van der Waals surface area contributed by atoms with Gasteiger partial charge in [0.05, 0.1) is 5.41 Å². The molecule has 0 saturated heterocycles. The fourth-order valence-corrected chi connectivity index (χ4v) is 17.9. The Bertz CT molecular complexity index is 5740. The van der Waals surface area contributed by atoms with Crippen molar-refractivity contribution in [1.29, 1.82) is 0 Å². The molecule has 460 valence electrons. The first-order valence-corrected chi connectivity index (χ1v) is 34.4. The molecule has 1 heterocycles. The maximum Gasteiger partial charge on any atom is 0.0725 e. The van der Waals surface area contributed by atoms with E-state index >= 15 is 0 Å². The highest BCUT2D eigenvalue weighted by atomic mass is 15.2. The molecule has 0 N–H and O–H groups in total. The van der Waals surface area contributed by atoms with Crippen LogP contribution in [0.15, 0.2) is 346 Å². The van der Waals surface area contributed by atoms with Gasteiger partial charge in [-0.05, 0) is 248 Å². The van der Waals surface area contributed by atoms with Crippen LogP contribution in [-0.2, 0) is 16.2 Å². The van der Waals surface area contributed by atoms with Crippen molar-refractivity contribution in [2.75, 3.05) is 9.80 Å². The summed E-state index contributed by atoms with van der Waals surface area (Å²) in [6, 6.07) is 132. The molecule has 6 bridgehead atoms. The van der Waals surface area contributed by atoms with Gasteiger partial charge in [-0.15, -0.1) is 0 Å². The van der Waals surface area contributed by atoms with Crippen molar-refractivity contribution in [3.63, 3.8) is 0 Å². The summed E-state index contributed by atoms with van der Waals surface area (Å²) in [6.45, 7) is 7.35. The van der Waals surface area contributed by atoms with E-state index in [9.17, 15) is 0 Å². The Labute approximate surface area is 573 Å². The molecule has 0 fully saturated rings. The van der Waals surface area contributed by atoms with Gasteiger partial charge in [-0.1, -0.05) is 269 Å². The summed E-state index contributed by atoms with van der Waals surface area (Å²) >= 11 is 0. The lowest BCUT2D eigenvalue weighted by Crippen LogP contribution is -2.25. The van der Waals surface area contributed by atoms with E-state index in [4.69, 9.17) is 0 Å². The molecule has 4 aliphatic carbocycles. The second-order valence-corrected chi connectivity index (χ2v) is 28.1. The molecule has 1 aliphatic heterocycles. The van der Waals surface area contributed by atoms with Gasteiger partial charge in [0.25, 0.3) is 0 Å². The number of anilines is 6. The third-order valence-electron chi connectivity index (χ3n) is 22.6. The summed E-state index contributed by atoms with van der Waals surface area (Å²) in [5.41, 5.74) is 38.7. The molecule has 1 atom stereocenters. The molecule has 1 unspecified atom stereocenters. The molecule has 20 rings (SSSR count). The Morgan fingerprint density at radius 1 is 0.184 bits per heavy atom. The minimum atomic E-state index is -0.625. The molecule has 0 aromatic heterocycles. The van der Waals surface area contributed by atoms with E-state index in [2.05, 4.69) is 376 Å². The van der Waals surface area contributed by atoms with Crippen LogP contribution in [0.5, 0.6) is 0 Å². The predicted octanol–water partition coefficient (Wildman–Crippen LogP) is 25.3. The summed E-state index contributed by atoms with van der Waals surface area (Å²) < 4.78 is 0. The summed E-state index contributed by atoms with van der Waals surface area (Å²) in [5.74, 6) is 0. The maximum atomic E-state index is 2.60. The Balaban J connectivity index is 0.888. The van der Waals surface area contributed by atoms with Crippen LogP contribution in [0.25, 0.3) is 100 Å². The van der Waals surface area contributed by atoms with Gasteiger partial charge in [-0.2, -0.15) is 0 Å². The van der Waals surface area contributed by atoms with Gasteiger partial charge in [0.15, 0.2) is 0 Å². The van der Waals surface area contributed by atoms with E-state index < -0.39 is 10.8 Å². The summed E-state index contributed by atoms with van der Waals surface area (Å²) in [4.78, 5) is 5.14. The predicted molar refractivity (Wildman–Crippen MR) is 408 cm³/mol. The lowest BCUT2D eigenvalue weighted by Gasteiger charge is -2.35. The summed E-state index contributed by atoms with van der Waals surface area (Å²) in [5, 5.41) is 0. The van der Waals surface area contributed by atoms with E-state index in [0.717, 1.165) is 56.4 Å². The topological polar surface area (TPSA) is 6.48 Å². The van der Waals surface area contributed by atoms with Gasteiger partial charge in [0.2, 0.25) is 0 Å². The number of benzene rings is 15. The molecule has 0 saturated carbocycles. The maximum absolute atomic E-state index is 2.60. The quantitative estimate of drug-likeness (QED) is 0.157. The zero-order valence-corrected chi connectivity index (χ0v) is 54.8. The summed E-state index contributed by atoms with van der Waals surface area (Å²) in [7, 11) is 0. The minimum absolute atomic E-state index is 0.325. The highest BCUT2D eigenvalue weighted by Crippen LogP contribution is 2.64. The first-order valence-electron chi connectivity index (χ1n) is 34.4. The highest BCUT2D eigenvalue weighted by Gasteiger charge is 2.52. The molecule has 15 aromatic rings. The Morgan fingerprint density at radius 2 is 0.500 bits per heavy atom. The fourth-order valence-electron chi connectivity index (χ4n) is 17.9. The summed E-state index contributed by atoms with van der Waals surface area (Å²) in [6.07, 6.45) is 0. The Morgan fingerprint density at radius 3 is 1.02 bits per heavy atom. The molecule has 5 aliphatic rings. The molecular weight excluding hydrogens is 1180 g/mol. The van der Waals surface area contributed by atoms with Crippen molar-refractivity contribution < 1.29 is 0 Å². The number of hydrogen-bond donors (Lipinski definition) is 0. The molecule has 15 aromatic carbocycles. The van der Waals surface area contributed by atoms with Crippen molar-refractivity contribution in [3.05, 3.63) is 396 Å². The van der Waals surface area contributed by atoms with Crippen LogP contribution in [0.4, 0.5) is 34.1 Å². The number of hydrogen-bond acceptors (Lipinski definition) is 2. The van der Waals surface area contributed by atoms with Crippen LogP contribution < -0.4 is 9.80 Å². The lowest BCUT2D eigenvalue weighted by atomic mass is 9.70. The van der Waals surface area contributed by atoms with Gasteiger partial charge in [0.1, 0.15) is 0 Å². The molecule has 98 heavy (non-hydrogen) atoms. The number of fused-ring (bicyclic) bond motifs is 22. The largest absolute Gasteiger partial charge is 0.310 e. The lowest BCUT2D eigenvalue weighted by molar-refractivity contribution is 0.660. The average Bonchev–Trinajstić information content (AvgIpc) is 1.57. The smallest absolute Gasteiger partial charge is 0.0725 e. The van der Waals surface area contributed by atoms with Crippen LogP contribution in [0, 0.1) is 0 Å². The first kappa shape index (κ1) is 56.3. The van der Waals surface area contributed by atoms with E-state index in [1.807, 2.05) is 0 Å². The Hall–Kier alpha value is -12.1. The third-order valence-corrected chi connectivity index (χ3v) is 22.6. The van der Waals surface area contributed by atoms with Gasteiger partial charge in [0, 0.05) is 45.0 Å². The SMILES string of the molecule is CC1(C)c2cc(-c3ccccc3)ccc2-c2ccc(N3c4cc(-c5ccc6c(c5)C5(c7ccccc7-c7ccccc75)c5ccccc5-6)cc(c4)N(c4cccc(-c5ccccc5)c4)c4ccc5c(c4)C(C)(c4cc(-c6ccccc6)cc3c4)c3cc(-c4ccccc4)ccc3-5)cc21. The van der Waals surface area contributed by atoms with Crippen LogP contribution in [0.3, 0.4) is 0 Å². The fraction of sp³-hybridized carbons (Fsp3) is 0.0625. The molecule has 0 radical (unpaired) electrons. The van der Waals surface area contributed by atoms with Crippen LogP contribution in [0.2, 0.25) is 0 Å². The van der Waals surface area contributed by atoms with E-state index in [-0.39, 0.29) is 5.41 Å². The highest BCUT2D eigenvalue weighted by molar-refractivity contribution is 5.99. The van der Waals surface area contributed by atoms with Crippen LogP contribution >= 0.6 is 0 Å². The van der Waals surface area contributed by atoms with E-state index in [1.165, 1.54) is 128 Å². The van der Waals surface area contributed by atoms with Gasteiger partial charge in [-0.25, -0.2) is 0 Å². The number of rotatable bonds is 7. The van der Waals surface area contributed by atoms with Gasteiger partial charge < -0.3 is 9.80 Å². The monoisotopic (exact) mass is 1250 g/mol. The normalized spacial score (nSPS) is 15.5. The van der Waals surface area contributed by atoms with E-state index in [1.54, 1.807) is 0 Å². The minimum Gasteiger partial charge on any atom is -0.310 e. The van der Waals surface area contributed by atoms with Gasteiger partial charge >= 0.3 is 0 Å². The van der Waals surface area contributed by atoms with Crippen molar-refractivity contribution in [2.45, 2.75) is 37.0 Å². The van der Waals surface area contributed by atoms with Crippen LogP contribution in [0.1, 0.15) is 70.8 Å². The molecule has 1 spiro atoms. The number of nitrogens with zero attached hydrogens (tertiary/aromatic N) is 2. The molecule has 0 amide bonds. The van der Waals surface area contributed by atoms with E-state index in [0.29, 0.717) is 0 Å². The molecule has 2 nitrogen and oxygen atoms in total. The van der Waals surface area contributed by atoms with Crippen molar-refractivity contribution in [1.82, 2.24) is 0 Å². The molecular formula is C96H66N2. The van der Waals surface area contributed by atoms with Crippen molar-refractivity contribution in [2.24, 2.45) is 0 Å². The van der Waals surface area contributed by atoms with Crippen LogP contribution in [-0.4, -0.2) is 0 Å². The first-order chi connectivity index (χ1) is 48.2. The average molecular weight is 1250 g/mol. The zero-order chi connectivity index (χ0) is 65.0. The second-order valence-electron chi connectivity index (χ2n) is 28.1. The Kier molecular flexibility index (Phi) is 12.2. The van der Waals surface area contributed by atoms with Crippen molar-refractivity contribution in [3.8, 4) is 100 Å². The zero-order valence-electron chi connectivity index (χ0n) is 54.8. The standard InChI is InChI=1S/C96H66N2/c1-94(2)89-54-66(62-25-10-5-11-26-62)39-44-81(89)82-47-42-73(59-90(82)94)98-75-51-69(64-29-14-7-15-30-64)49-71(57-75)95(3)91-55-67(63-27-12-6-13-28-63)40-45-83(91)84-48-43-74(60-92(84)95)97(72-32-22-31-65(50-72)61-23-8-4-9-24-61)76-52-70(53-77(98)58-76)68-41-46-85-80-35-18-21-38-88(80)96(93(85)56-68)86-36-19-16-33-78(86)79-34-17-20-37-87(79)96/h4-60H,1-3H3.